The highest BCUT2D eigenvalue weighted by molar-refractivity contribution is 7.91. The van der Waals surface area contributed by atoms with Crippen LogP contribution in [0.15, 0.2) is 108 Å². The van der Waals surface area contributed by atoms with Gasteiger partial charge in [-0.2, -0.15) is 0 Å². The lowest BCUT2D eigenvalue weighted by Crippen LogP contribution is -2.32. The van der Waals surface area contributed by atoms with Gasteiger partial charge in [-0.1, -0.05) is 91.0 Å². The summed E-state index contributed by atoms with van der Waals surface area (Å²) in [5, 5.41) is 0. The predicted molar refractivity (Wildman–Crippen MR) is 115 cm³/mol. The van der Waals surface area contributed by atoms with Crippen LogP contribution in [0.5, 0.6) is 0 Å². The van der Waals surface area contributed by atoms with E-state index in [2.05, 4.69) is 6.58 Å². The summed E-state index contributed by atoms with van der Waals surface area (Å²) < 4.78 is 32.7. The van der Waals surface area contributed by atoms with E-state index in [0.29, 0.717) is 11.3 Å². The molecule has 0 radical (unpaired) electrons. The Kier molecular flexibility index (Phi) is 5.65. The van der Waals surface area contributed by atoms with Crippen LogP contribution in [0.2, 0.25) is 0 Å². The maximum atomic E-state index is 13.1. The first kappa shape index (κ1) is 19.6. The van der Waals surface area contributed by atoms with Crippen LogP contribution in [0.3, 0.4) is 0 Å². The molecule has 1 saturated heterocycles. The maximum Gasteiger partial charge on any atom is 0.179 e. The summed E-state index contributed by atoms with van der Waals surface area (Å²) >= 11 is 0. The number of sulfone groups is 1. The first-order valence-corrected chi connectivity index (χ1v) is 11.4. The fraction of sp³-hybridized carbons (Fsp3) is 0.200. The number of rotatable bonds is 5. The van der Waals surface area contributed by atoms with Gasteiger partial charge in [-0.15, -0.1) is 0 Å². The number of ether oxygens (including phenoxy) is 1. The first-order valence-electron chi connectivity index (χ1n) is 9.75. The van der Waals surface area contributed by atoms with Crippen molar-refractivity contribution >= 4 is 9.84 Å². The van der Waals surface area contributed by atoms with Crippen molar-refractivity contribution in [2.45, 2.75) is 23.5 Å². The van der Waals surface area contributed by atoms with Gasteiger partial charge >= 0.3 is 0 Å². The molecule has 1 fully saturated rings. The maximum absolute atomic E-state index is 13.1. The zero-order chi connectivity index (χ0) is 20.3. The molecule has 3 atom stereocenters. The van der Waals surface area contributed by atoms with E-state index < -0.39 is 9.84 Å². The SMILES string of the molecule is C=C1C[C@H](c2ccccc2)O[C@@H](c2ccccc2)[C@@H]1CS(=O)(=O)c1ccccc1. The Morgan fingerprint density at radius 3 is 1.90 bits per heavy atom. The molecular weight excluding hydrogens is 380 g/mol. The quantitative estimate of drug-likeness (QED) is 0.525. The van der Waals surface area contributed by atoms with Gasteiger partial charge in [-0.05, 0) is 29.7 Å². The van der Waals surface area contributed by atoms with Crippen LogP contribution >= 0.6 is 0 Å². The van der Waals surface area contributed by atoms with Gasteiger partial charge in [0, 0.05) is 5.92 Å². The van der Waals surface area contributed by atoms with E-state index >= 15 is 0 Å². The minimum absolute atomic E-state index is 0.0169. The molecule has 0 aliphatic carbocycles. The van der Waals surface area contributed by atoms with E-state index in [0.717, 1.165) is 16.7 Å². The number of hydrogen-bond donors (Lipinski definition) is 0. The molecule has 1 aliphatic rings. The fourth-order valence-corrected chi connectivity index (χ4v) is 5.55. The van der Waals surface area contributed by atoms with Gasteiger partial charge in [0.25, 0.3) is 0 Å². The Balaban J connectivity index is 1.67. The zero-order valence-electron chi connectivity index (χ0n) is 16.1. The van der Waals surface area contributed by atoms with Gasteiger partial charge in [0.1, 0.15) is 0 Å². The lowest BCUT2D eigenvalue weighted by Gasteiger charge is -2.38. The lowest BCUT2D eigenvalue weighted by atomic mass is 9.84. The van der Waals surface area contributed by atoms with Gasteiger partial charge in [-0.25, -0.2) is 8.42 Å². The summed E-state index contributed by atoms with van der Waals surface area (Å²) in [4.78, 5) is 0.338. The third kappa shape index (κ3) is 4.34. The van der Waals surface area contributed by atoms with Crippen LogP contribution in [0.4, 0.5) is 0 Å². The van der Waals surface area contributed by atoms with Gasteiger partial charge in [0.2, 0.25) is 0 Å². The molecule has 0 N–H and O–H groups in total. The van der Waals surface area contributed by atoms with Gasteiger partial charge in [0.05, 0.1) is 22.9 Å². The molecule has 4 heteroatoms. The predicted octanol–water partition coefficient (Wildman–Crippen LogP) is 5.54. The highest BCUT2D eigenvalue weighted by Gasteiger charge is 2.38. The van der Waals surface area contributed by atoms with Gasteiger partial charge < -0.3 is 4.74 Å². The largest absolute Gasteiger partial charge is 0.365 e. The van der Waals surface area contributed by atoms with Crippen LogP contribution in [0, 0.1) is 5.92 Å². The van der Waals surface area contributed by atoms with Crippen molar-refractivity contribution in [1.29, 1.82) is 0 Å². The summed E-state index contributed by atoms with van der Waals surface area (Å²) in [7, 11) is -3.46. The molecule has 1 heterocycles. The molecule has 0 amide bonds. The van der Waals surface area contributed by atoms with Gasteiger partial charge in [-0.3, -0.25) is 0 Å². The van der Waals surface area contributed by atoms with Crippen LogP contribution in [-0.4, -0.2) is 14.2 Å². The minimum Gasteiger partial charge on any atom is -0.365 e. The Bertz CT molecular complexity index is 1060. The van der Waals surface area contributed by atoms with Crippen LogP contribution in [-0.2, 0) is 14.6 Å². The van der Waals surface area contributed by atoms with Crippen molar-refractivity contribution in [3.8, 4) is 0 Å². The summed E-state index contributed by atoms with van der Waals surface area (Å²) in [6, 6.07) is 28.5. The van der Waals surface area contributed by atoms with Crippen molar-refractivity contribution in [3.05, 3.63) is 114 Å². The topological polar surface area (TPSA) is 43.4 Å². The summed E-state index contributed by atoms with van der Waals surface area (Å²) in [6.45, 7) is 4.28. The Hall–Kier alpha value is -2.69. The standard InChI is InChI=1S/C25H24O3S/c1-19-17-24(20-11-5-2-6-12-20)28-25(21-13-7-3-8-14-21)23(19)18-29(26,27)22-15-9-4-10-16-22/h2-16,23-25H,1,17-18H2/t23-,24-,25+/m1/s1. The van der Waals surface area contributed by atoms with Crippen LogP contribution in [0.25, 0.3) is 0 Å². The molecule has 0 aromatic heterocycles. The van der Waals surface area contributed by atoms with E-state index in [1.54, 1.807) is 24.3 Å². The van der Waals surface area contributed by atoms with Gasteiger partial charge in [0.15, 0.2) is 9.84 Å². The average molecular weight is 405 g/mol. The van der Waals surface area contributed by atoms with Crippen molar-refractivity contribution in [2.75, 3.05) is 5.75 Å². The lowest BCUT2D eigenvalue weighted by molar-refractivity contribution is -0.0590. The Morgan fingerprint density at radius 1 is 0.793 bits per heavy atom. The molecule has 148 valence electrons. The molecule has 3 aromatic carbocycles. The monoisotopic (exact) mass is 404 g/mol. The second kappa shape index (κ2) is 8.36. The number of hydrogen-bond acceptors (Lipinski definition) is 3. The smallest absolute Gasteiger partial charge is 0.179 e. The zero-order valence-corrected chi connectivity index (χ0v) is 17.0. The second-order valence-corrected chi connectivity index (χ2v) is 9.46. The minimum atomic E-state index is -3.46. The van der Waals surface area contributed by atoms with E-state index in [1.165, 1.54) is 0 Å². The molecule has 1 aliphatic heterocycles. The van der Waals surface area contributed by atoms with E-state index in [9.17, 15) is 8.42 Å². The molecule has 3 aromatic rings. The highest BCUT2D eigenvalue weighted by atomic mass is 32.2. The summed E-state index contributed by atoms with van der Waals surface area (Å²) in [6.07, 6.45) is 0.119. The molecule has 0 spiro atoms. The third-order valence-corrected chi connectivity index (χ3v) is 7.24. The van der Waals surface area contributed by atoms with Crippen LogP contribution < -0.4 is 0 Å². The van der Waals surface area contributed by atoms with E-state index in [1.807, 2.05) is 66.7 Å². The molecular formula is C25H24O3S. The average Bonchev–Trinajstić information content (AvgIpc) is 2.77. The Labute approximate surface area is 172 Å². The van der Waals surface area contributed by atoms with E-state index in [-0.39, 0.29) is 23.9 Å². The van der Waals surface area contributed by atoms with Crippen molar-refractivity contribution in [1.82, 2.24) is 0 Å². The number of benzene rings is 3. The second-order valence-electron chi connectivity index (χ2n) is 7.43. The summed E-state index contributed by atoms with van der Waals surface area (Å²) in [5.74, 6) is -0.320. The highest BCUT2D eigenvalue weighted by Crippen LogP contribution is 2.45. The molecule has 3 nitrogen and oxygen atoms in total. The van der Waals surface area contributed by atoms with Crippen molar-refractivity contribution < 1.29 is 13.2 Å². The molecule has 0 saturated carbocycles. The summed E-state index contributed by atoms with van der Waals surface area (Å²) in [5.41, 5.74) is 2.97. The molecule has 4 rings (SSSR count). The third-order valence-electron chi connectivity index (χ3n) is 5.45. The molecule has 0 unspecified atom stereocenters. The molecule has 29 heavy (non-hydrogen) atoms. The fourth-order valence-electron chi connectivity index (χ4n) is 3.91. The van der Waals surface area contributed by atoms with Crippen molar-refractivity contribution in [3.63, 3.8) is 0 Å². The normalized spacial score (nSPS) is 22.3. The van der Waals surface area contributed by atoms with E-state index in [4.69, 9.17) is 4.74 Å². The first-order chi connectivity index (χ1) is 14.0. The molecule has 0 bridgehead atoms. The van der Waals surface area contributed by atoms with Crippen LogP contribution in [0.1, 0.15) is 29.8 Å². The Morgan fingerprint density at radius 2 is 1.31 bits per heavy atom. The van der Waals surface area contributed by atoms with Crippen molar-refractivity contribution in [2.24, 2.45) is 5.92 Å².